The lowest BCUT2D eigenvalue weighted by atomic mass is 9.79. The van der Waals surface area contributed by atoms with Crippen LogP contribution in [0.25, 0.3) is 0 Å². The van der Waals surface area contributed by atoms with Gasteiger partial charge in [-0.1, -0.05) is 20.8 Å². The smallest absolute Gasteiger partial charge is 0.308 e. The zero-order chi connectivity index (χ0) is 13.3. The molecule has 1 saturated heterocycles. The summed E-state index contributed by atoms with van der Waals surface area (Å²) in [6, 6.07) is -0.131. The van der Waals surface area contributed by atoms with E-state index in [1.165, 1.54) is 0 Å². The largest absolute Gasteiger partial charge is 0.481 e. The van der Waals surface area contributed by atoms with Gasteiger partial charge >= 0.3 is 5.97 Å². The van der Waals surface area contributed by atoms with Gasteiger partial charge in [0.1, 0.15) is 0 Å². The van der Waals surface area contributed by atoms with Crippen LogP contribution in [0.4, 0.5) is 0 Å². The predicted molar refractivity (Wildman–Crippen MR) is 65.5 cm³/mol. The first-order chi connectivity index (χ1) is 7.77. The zero-order valence-electron chi connectivity index (χ0n) is 11.3. The summed E-state index contributed by atoms with van der Waals surface area (Å²) in [5.74, 6) is -0.897. The zero-order valence-corrected chi connectivity index (χ0v) is 11.3. The van der Waals surface area contributed by atoms with Crippen molar-refractivity contribution in [2.75, 3.05) is 0 Å². The molecule has 0 aromatic rings. The van der Waals surface area contributed by atoms with Crippen molar-refractivity contribution < 1.29 is 14.7 Å². The van der Waals surface area contributed by atoms with Gasteiger partial charge in [-0.2, -0.15) is 0 Å². The van der Waals surface area contributed by atoms with Crippen molar-refractivity contribution >= 4 is 11.9 Å². The number of amides is 1. The van der Waals surface area contributed by atoms with Crippen molar-refractivity contribution in [2.24, 2.45) is 17.8 Å². The molecule has 4 nitrogen and oxygen atoms in total. The number of carboxylic acids is 1. The van der Waals surface area contributed by atoms with Crippen LogP contribution in [0.1, 0.15) is 41.0 Å². The Hall–Kier alpha value is -1.06. The molecule has 98 valence electrons. The van der Waals surface area contributed by atoms with Crippen LogP contribution in [0.3, 0.4) is 0 Å². The first kappa shape index (κ1) is 14.0. The van der Waals surface area contributed by atoms with Crippen LogP contribution in [-0.2, 0) is 9.59 Å². The average molecular weight is 241 g/mol. The van der Waals surface area contributed by atoms with Crippen molar-refractivity contribution in [3.63, 3.8) is 0 Å². The van der Waals surface area contributed by atoms with E-state index in [0.717, 1.165) is 0 Å². The molecular formula is C13H23NO3. The first-order valence-electron chi connectivity index (χ1n) is 6.31. The molecule has 1 heterocycles. The fourth-order valence-corrected chi connectivity index (χ4v) is 2.75. The molecule has 1 rings (SSSR count). The highest BCUT2D eigenvalue weighted by Gasteiger charge is 2.43. The molecule has 0 radical (unpaired) electrons. The Morgan fingerprint density at radius 2 is 1.88 bits per heavy atom. The lowest BCUT2D eigenvalue weighted by Crippen LogP contribution is -2.56. The van der Waals surface area contributed by atoms with Crippen LogP contribution >= 0.6 is 0 Å². The van der Waals surface area contributed by atoms with Crippen molar-refractivity contribution in [3.8, 4) is 0 Å². The van der Waals surface area contributed by atoms with Gasteiger partial charge in [-0.05, 0) is 25.7 Å². The molecule has 1 aliphatic rings. The molecular weight excluding hydrogens is 218 g/mol. The molecule has 1 fully saturated rings. The number of piperidine rings is 1. The lowest BCUT2D eigenvalue weighted by molar-refractivity contribution is -0.157. The molecule has 4 atom stereocenters. The molecule has 4 heteroatoms. The summed E-state index contributed by atoms with van der Waals surface area (Å²) in [4.78, 5) is 25.1. The standard InChI is InChI=1S/C13H23NO3/c1-7(2)9(4)14-10(5)12(13(16)17)8(3)6-11(14)15/h7-10,12H,6H2,1-5H3,(H,16,17). The van der Waals surface area contributed by atoms with Crippen LogP contribution in [0.5, 0.6) is 0 Å². The molecule has 1 amide bonds. The van der Waals surface area contributed by atoms with Crippen molar-refractivity contribution in [1.82, 2.24) is 4.90 Å². The molecule has 0 aromatic carbocycles. The number of hydrogen-bond donors (Lipinski definition) is 1. The molecule has 0 saturated carbocycles. The molecule has 17 heavy (non-hydrogen) atoms. The maximum atomic E-state index is 12.1. The molecule has 1 N–H and O–H groups in total. The van der Waals surface area contributed by atoms with Crippen molar-refractivity contribution in [2.45, 2.75) is 53.1 Å². The van der Waals surface area contributed by atoms with E-state index in [1.807, 2.05) is 20.8 Å². The fraction of sp³-hybridized carbons (Fsp3) is 0.846. The predicted octanol–water partition coefficient (Wildman–Crippen LogP) is 1.99. The van der Waals surface area contributed by atoms with E-state index >= 15 is 0 Å². The fourth-order valence-electron chi connectivity index (χ4n) is 2.75. The topological polar surface area (TPSA) is 57.6 Å². The number of carboxylic acid groups (broad SMARTS) is 1. The van der Waals surface area contributed by atoms with E-state index < -0.39 is 11.9 Å². The minimum atomic E-state index is -0.793. The monoisotopic (exact) mass is 241 g/mol. The van der Waals surface area contributed by atoms with Gasteiger partial charge in [-0.15, -0.1) is 0 Å². The summed E-state index contributed by atoms with van der Waals surface area (Å²) in [6.07, 6.45) is 0.346. The van der Waals surface area contributed by atoms with Gasteiger partial charge in [0, 0.05) is 18.5 Å². The van der Waals surface area contributed by atoms with E-state index in [0.29, 0.717) is 12.3 Å². The van der Waals surface area contributed by atoms with Gasteiger partial charge in [0.2, 0.25) is 5.91 Å². The highest BCUT2D eigenvalue weighted by Crippen LogP contribution is 2.32. The van der Waals surface area contributed by atoms with Crippen molar-refractivity contribution in [1.29, 1.82) is 0 Å². The van der Waals surface area contributed by atoms with Crippen LogP contribution in [0, 0.1) is 17.8 Å². The van der Waals surface area contributed by atoms with Crippen LogP contribution < -0.4 is 0 Å². The second-order valence-corrected chi connectivity index (χ2v) is 5.57. The van der Waals surface area contributed by atoms with Gasteiger partial charge in [-0.3, -0.25) is 9.59 Å². The molecule has 4 unspecified atom stereocenters. The summed E-state index contributed by atoms with van der Waals surface area (Å²) in [5, 5.41) is 9.27. The van der Waals surface area contributed by atoms with Gasteiger partial charge in [0.25, 0.3) is 0 Å². The molecule has 0 aromatic heterocycles. The van der Waals surface area contributed by atoms with Crippen LogP contribution in [0.2, 0.25) is 0 Å². The summed E-state index contributed by atoms with van der Waals surface area (Å²) in [7, 11) is 0. The number of likely N-dealkylation sites (tertiary alicyclic amines) is 1. The molecule has 0 spiro atoms. The first-order valence-corrected chi connectivity index (χ1v) is 6.31. The Morgan fingerprint density at radius 1 is 1.35 bits per heavy atom. The minimum Gasteiger partial charge on any atom is -0.481 e. The second-order valence-electron chi connectivity index (χ2n) is 5.57. The summed E-state index contributed by atoms with van der Waals surface area (Å²) in [6.45, 7) is 9.81. The van der Waals surface area contributed by atoms with Crippen molar-refractivity contribution in [3.05, 3.63) is 0 Å². The Balaban J connectivity index is 2.97. The normalized spacial score (nSPS) is 31.8. The highest BCUT2D eigenvalue weighted by molar-refractivity contribution is 5.82. The van der Waals surface area contributed by atoms with E-state index in [9.17, 15) is 14.7 Å². The second kappa shape index (κ2) is 5.07. The molecule has 0 aliphatic carbocycles. The van der Waals surface area contributed by atoms with Gasteiger partial charge in [0.05, 0.1) is 5.92 Å². The number of aliphatic carboxylic acids is 1. The van der Waals surface area contributed by atoms with E-state index in [-0.39, 0.29) is 23.9 Å². The Kier molecular flexibility index (Phi) is 4.17. The SMILES string of the molecule is CC(C)C(C)N1C(=O)CC(C)C(C(=O)O)C1C. The highest BCUT2D eigenvalue weighted by atomic mass is 16.4. The van der Waals surface area contributed by atoms with Gasteiger partial charge in [0.15, 0.2) is 0 Å². The number of nitrogens with zero attached hydrogens (tertiary/aromatic N) is 1. The summed E-state index contributed by atoms with van der Waals surface area (Å²) >= 11 is 0. The Labute approximate surface area is 103 Å². The molecule has 1 aliphatic heterocycles. The number of rotatable bonds is 3. The van der Waals surface area contributed by atoms with Gasteiger partial charge < -0.3 is 10.0 Å². The minimum absolute atomic E-state index is 0.0781. The van der Waals surface area contributed by atoms with E-state index in [4.69, 9.17) is 0 Å². The van der Waals surface area contributed by atoms with Gasteiger partial charge in [-0.25, -0.2) is 0 Å². The maximum Gasteiger partial charge on any atom is 0.308 e. The summed E-state index contributed by atoms with van der Waals surface area (Å²) < 4.78 is 0. The molecule has 0 bridgehead atoms. The lowest BCUT2D eigenvalue weighted by Gasteiger charge is -2.45. The quantitative estimate of drug-likeness (QED) is 0.822. The average Bonchev–Trinajstić information content (AvgIpc) is 2.15. The van der Waals surface area contributed by atoms with Crippen LogP contribution in [0.15, 0.2) is 0 Å². The number of carbonyl (C=O) groups excluding carboxylic acids is 1. The van der Waals surface area contributed by atoms with Crippen LogP contribution in [-0.4, -0.2) is 34.0 Å². The third-order valence-electron chi connectivity index (χ3n) is 4.04. The summed E-state index contributed by atoms with van der Waals surface area (Å²) in [5.41, 5.74) is 0. The number of carbonyl (C=O) groups is 2. The third kappa shape index (κ3) is 2.61. The van der Waals surface area contributed by atoms with E-state index in [1.54, 1.807) is 4.90 Å². The maximum absolute atomic E-state index is 12.1. The third-order valence-corrected chi connectivity index (χ3v) is 4.04. The van der Waals surface area contributed by atoms with E-state index in [2.05, 4.69) is 13.8 Å². The Bertz CT molecular complexity index is 314. The Morgan fingerprint density at radius 3 is 2.29 bits per heavy atom. The number of hydrogen-bond acceptors (Lipinski definition) is 2.